The lowest BCUT2D eigenvalue weighted by Crippen LogP contribution is -2.49. The summed E-state index contributed by atoms with van der Waals surface area (Å²) >= 11 is 0. The van der Waals surface area contributed by atoms with Crippen molar-refractivity contribution in [3.63, 3.8) is 0 Å². The Bertz CT molecular complexity index is 618. The van der Waals surface area contributed by atoms with Crippen LogP contribution in [0.5, 0.6) is 5.75 Å². The highest BCUT2D eigenvalue weighted by molar-refractivity contribution is 5.94. The summed E-state index contributed by atoms with van der Waals surface area (Å²) in [5.41, 5.74) is 5.71. The molecule has 0 bridgehead atoms. The third kappa shape index (κ3) is 5.21. The maximum absolute atomic E-state index is 12.5. The van der Waals surface area contributed by atoms with Crippen LogP contribution >= 0.6 is 0 Å². The second-order valence-electron chi connectivity index (χ2n) is 7.79. The molecule has 26 heavy (non-hydrogen) atoms. The minimum absolute atomic E-state index is 0.0104. The highest BCUT2D eigenvalue weighted by Crippen LogP contribution is 2.23. The first-order chi connectivity index (χ1) is 12.2. The molecule has 2 unspecified atom stereocenters. The van der Waals surface area contributed by atoms with E-state index in [1.807, 2.05) is 18.7 Å². The summed E-state index contributed by atoms with van der Waals surface area (Å²) in [5, 5.41) is 2.88. The molecular weight excluding hydrogens is 330 g/mol. The number of hydrogen-bond donors (Lipinski definition) is 2. The molecule has 1 saturated heterocycles. The van der Waals surface area contributed by atoms with E-state index < -0.39 is 5.54 Å². The Balaban J connectivity index is 1.91. The molecule has 6 nitrogen and oxygen atoms in total. The SMILES string of the molecule is CC1CCCC(C)N1C(=O)COc1ccc(C(=O)NC(C)(C)CN)cc1. The van der Waals surface area contributed by atoms with E-state index in [2.05, 4.69) is 19.2 Å². The Hall–Kier alpha value is -2.08. The molecule has 1 fully saturated rings. The van der Waals surface area contributed by atoms with Crippen molar-refractivity contribution in [3.05, 3.63) is 29.8 Å². The van der Waals surface area contributed by atoms with E-state index in [9.17, 15) is 9.59 Å². The first-order valence-corrected chi connectivity index (χ1v) is 9.30. The van der Waals surface area contributed by atoms with Gasteiger partial charge in [0.05, 0.1) is 0 Å². The van der Waals surface area contributed by atoms with Crippen molar-refractivity contribution < 1.29 is 14.3 Å². The van der Waals surface area contributed by atoms with Crippen molar-refractivity contribution in [2.75, 3.05) is 13.2 Å². The zero-order valence-corrected chi connectivity index (χ0v) is 16.2. The molecule has 0 aromatic heterocycles. The first-order valence-electron chi connectivity index (χ1n) is 9.30. The molecule has 0 radical (unpaired) electrons. The Labute approximate surface area is 156 Å². The van der Waals surface area contributed by atoms with Crippen LogP contribution in [0.1, 0.15) is 57.3 Å². The van der Waals surface area contributed by atoms with E-state index in [-0.39, 0.29) is 30.5 Å². The van der Waals surface area contributed by atoms with Gasteiger partial charge in [-0.3, -0.25) is 9.59 Å². The van der Waals surface area contributed by atoms with Gasteiger partial charge < -0.3 is 20.7 Å². The number of carbonyl (C=O) groups is 2. The molecule has 6 heteroatoms. The van der Waals surface area contributed by atoms with E-state index in [1.54, 1.807) is 24.3 Å². The van der Waals surface area contributed by atoms with Crippen LogP contribution < -0.4 is 15.8 Å². The van der Waals surface area contributed by atoms with Crippen molar-refractivity contribution in [2.24, 2.45) is 5.73 Å². The number of benzene rings is 1. The molecular formula is C20H31N3O3. The topological polar surface area (TPSA) is 84.7 Å². The fourth-order valence-electron chi connectivity index (χ4n) is 3.27. The number of likely N-dealkylation sites (tertiary alicyclic amines) is 1. The Morgan fingerprint density at radius 2 is 1.77 bits per heavy atom. The number of amides is 2. The summed E-state index contributed by atoms with van der Waals surface area (Å²) in [6, 6.07) is 7.31. The number of ether oxygens (including phenoxy) is 1. The fraction of sp³-hybridized carbons (Fsp3) is 0.600. The number of piperidine rings is 1. The normalized spacial score (nSPS) is 20.6. The van der Waals surface area contributed by atoms with E-state index in [1.165, 1.54) is 0 Å². The number of nitrogens with two attached hydrogens (primary N) is 1. The molecule has 3 N–H and O–H groups in total. The Kier molecular flexibility index (Phi) is 6.64. The summed E-state index contributed by atoms with van der Waals surface area (Å²) < 4.78 is 5.63. The van der Waals surface area contributed by atoms with Crippen LogP contribution in [0.15, 0.2) is 24.3 Å². The van der Waals surface area contributed by atoms with Crippen LogP contribution in [-0.2, 0) is 4.79 Å². The summed E-state index contributed by atoms with van der Waals surface area (Å²) in [6.07, 6.45) is 3.25. The molecule has 0 saturated carbocycles. The summed E-state index contributed by atoms with van der Waals surface area (Å²) in [4.78, 5) is 26.6. The van der Waals surface area contributed by atoms with E-state index >= 15 is 0 Å². The van der Waals surface area contributed by atoms with Gasteiger partial charge in [0.15, 0.2) is 6.61 Å². The highest BCUT2D eigenvalue weighted by atomic mass is 16.5. The quantitative estimate of drug-likeness (QED) is 0.814. The molecule has 2 amide bonds. The van der Waals surface area contributed by atoms with Crippen molar-refractivity contribution in [3.8, 4) is 5.75 Å². The number of carbonyl (C=O) groups excluding carboxylic acids is 2. The maximum Gasteiger partial charge on any atom is 0.260 e. The van der Waals surface area contributed by atoms with Gasteiger partial charge in [-0.2, -0.15) is 0 Å². The molecule has 1 heterocycles. The minimum atomic E-state index is -0.458. The van der Waals surface area contributed by atoms with Gasteiger partial charge in [0.2, 0.25) is 0 Å². The highest BCUT2D eigenvalue weighted by Gasteiger charge is 2.29. The van der Waals surface area contributed by atoms with Crippen LogP contribution in [0.4, 0.5) is 0 Å². The van der Waals surface area contributed by atoms with E-state index in [0.29, 0.717) is 17.9 Å². The monoisotopic (exact) mass is 361 g/mol. The zero-order valence-electron chi connectivity index (χ0n) is 16.2. The van der Waals surface area contributed by atoms with E-state index in [4.69, 9.17) is 10.5 Å². The van der Waals surface area contributed by atoms with Crippen molar-refractivity contribution in [1.82, 2.24) is 10.2 Å². The molecule has 0 spiro atoms. The number of nitrogens with one attached hydrogen (secondary N) is 1. The van der Waals surface area contributed by atoms with Gasteiger partial charge in [-0.25, -0.2) is 0 Å². The zero-order chi connectivity index (χ0) is 19.3. The maximum atomic E-state index is 12.5. The molecule has 144 valence electrons. The standard InChI is InChI=1S/C20H31N3O3/c1-14-6-5-7-15(2)23(14)18(24)12-26-17-10-8-16(9-11-17)19(25)22-20(3,4)13-21/h8-11,14-15H,5-7,12-13,21H2,1-4H3,(H,22,25). The lowest BCUT2D eigenvalue weighted by molar-refractivity contribution is -0.139. The van der Waals surface area contributed by atoms with Crippen molar-refractivity contribution >= 4 is 11.8 Å². The van der Waals surface area contributed by atoms with Crippen LogP contribution in [0, 0.1) is 0 Å². The van der Waals surface area contributed by atoms with Crippen LogP contribution in [0.2, 0.25) is 0 Å². The largest absolute Gasteiger partial charge is 0.484 e. The lowest BCUT2D eigenvalue weighted by Gasteiger charge is -2.38. The predicted octanol–water partition coefficient (Wildman–Crippen LogP) is 2.32. The molecule has 0 aliphatic carbocycles. The third-order valence-corrected chi connectivity index (χ3v) is 4.92. The van der Waals surface area contributed by atoms with Gasteiger partial charge >= 0.3 is 0 Å². The van der Waals surface area contributed by atoms with Gasteiger partial charge in [0.25, 0.3) is 11.8 Å². The number of rotatable bonds is 6. The summed E-state index contributed by atoms with van der Waals surface area (Å²) in [7, 11) is 0. The molecule has 2 rings (SSSR count). The third-order valence-electron chi connectivity index (χ3n) is 4.92. The van der Waals surface area contributed by atoms with Crippen molar-refractivity contribution in [2.45, 2.75) is 64.6 Å². The predicted molar refractivity (Wildman–Crippen MR) is 102 cm³/mol. The van der Waals surface area contributed by atoms with Gasteiger partial charge in [-0.1, -0.05) is 0 Å². The minimum Gasteiger partial charge on any atom is -0.484 e. The second kappa shape index (κ2) is 8.54. The van der Waals surface area contributed by atoms with Crippen LogP contribution in [0.25, 0.3) is 0 Å². The average Bonchev–Trinajstić information content (AvgIpc) is 2.60. The molecule has 1 aliphatic heterocycles. The average molecular weight is 361 g/mol. The Morgan fingerprint density at radius 3 is 2.31 bits per heavy atom. The van der Waals surface area contributed by atoms with E-state index in [0.717, 1.165) is 19.3 Å². The van der Waals surface area contributed by atoms with Crippen molar-refractivity contribution in [1.29, 1.82) is 0 Å². The molecule has 1 aromatic rings. The fourth-order valence-corrected chi connectivity index (χ4v) is 3.27. The smallest absolute Gasteiger partial charge is 0.260 e. The summed E-state index contributed by atoms with van der Waals surface area (Å²) in [6.45, 7) is 8.29. The molecule has 2 atom stereocenters. The molecule has 1 aliphatic rings. The van der Waals surface area contributed by atoms with Gasteiger partial charge in [0.1, 0.15) is 5.75 Å². The number of nitrogens with zero attached hydrogens (tertiary/aromatic N) is 1. The Morgan fingerprint density at radius 1 is 1.19 bits per heavy atom. The van der Waals surface area contributed by atoms with Crippen LogP contribution in [0.3, 0.4) is 0 Å². The summed E-state index contributed by atoms with van der Waals surface area (Å²) in [5.74, 6) is 0.403. The van der Waals surface area contributed by atoms with Gasteiger partial charge in [-0.15, -0.1) is 0 Å². The van der Waals surface area contributed by atoms with Crippen LogP contribution in [-0.4, -0.2) is 47.5 Å². The number of hydrogen-bond acceptors (Lipinski definition) is 4. The first kappa shape index (κ1) is 20.2. The lowest BCUT2D eigenvalue weighted by atomic mass is 9.97. The van der Waals surface area contributed by atoms with Gasteiger partial charge in [0, 0.05) is 29.7 Å². The van der Waals surface area contributed by atoms with Gasteiger partial charge in [-0.05, 0) is 71.2 Å². The molecule has 1 aromatic carbocycles. The second-order valence-corrected chi connectivity index (χ2v) is 7.79.